The van der Waals surface area contributed by atoms with Gasteiger partial charge < -0.3 is 14.4 Å². The van der Waals surface area contributed by atoms with Crippen LogP contribution in [0.3, 0.4) is 0 Å². The molecular formula is C29H21N3O7. The quantitative estimate of drug-likeness (QED) is 0.220. The molecule has 2 saturated heterocycles. The summed E-state index contributed by atoms with van der Waals surface area (Å²) in [7, 11) is 0. The second-order valence-corrected chi connectivity index (χ2v) is 9.82. The summed E-state index contributed by atoms with van der Waals surface area (Å²) in [5.74, 6) is -2.19. The van der Waals surface area contributed by atoms with Crippen molar-refractivity contribution >= 4 is 40.7 Å². The maximum absolute atomic E-state index is 14.1. The van der Waals surface area contributed by atoms with E-state index in [1.165, 1.54) is 24.3 Å². The summed E-state index contributed by atoms with van der Waals surface area (Å²) in [5, 5.41) is 11.4. The van der Waals surface area contributed by atoms with E-state index in [2.05, 4.69) is 0 Å². The van der Waals surface area contributed by atoms with Gasteiger partial charge >= 0.3 is 0 Å². The topological polar surface area (TPSA) is 119 Å². The molecule has 3 aromatic carbocycles. The number of anilines is 2. The molecule has 4 atom stereocenters. The molecular weight excluding hydrogens is 502 g/mol. The standard InChI is InChI=1S/C29H21N3O7/c33-27(17-5-3-6-19(14-17)32(36)37)26-25-24(21-10-8-16-4-1-2-7-20(16)31(21)26)28(34)30(29(25)35)18-9-11-22-23(15-18)39-13-12-38-22/h1-11,14-15,21,24-26H,12-13H2/t21-,24-,25-,26+/m1/s1. The summed E-state index contributed by atoms with van der Waals surface area (Å²) >= 11 is 0. The number of nitrogens with zero attached hydrogens (tertiary/aromatic N) is 3. The fourth-order valence-electron chi connectivity index (χ4n) is 6.18. The van der Waals surface area contributed by atoms with Gasteiger partial charge in [-0.05, 0) is 23.8 Å². The van der Waals surface area contributed by atoms with Crippen LogP contribution in [-0.4, -0.2) is 47.8 Å². The highest BCUT2D eigenvalue weighted by Gasteiger charge is 2.64. The zero-order valence-corrected chi connectivity index (χ0v) is 20.4. The van der Waals surface area contributed by atoms with Crippen molar-refractivity contribution in [2.24, 2.45) is 11.8 Å². The van der Waals surface area contributed by atoms with Crippen LogP contribution in [0.15, 0.2) is 72.8 Å². The number of carbonyl (C=O) groups excluding carboxylic acids is 3. The molecule has 0 bridgehead atoms. The van der Waals surface area contributed by atoms with Gasteiger partial charge in [0.05, 0.1) is 28.5 Å². The Morgan fingerprint density at radius 2 is 1.67 bits per heavy atom. The molecule has 10 nitrogen and oxygen atoms in total. The van der Waals surface area contributed by atoms with Gasteiger partial charge in [-0.15, -0.1) is 0 Å². The number of Topliss-reactive ketones (excluding diaryl/α,β-unsaturated/α-hetero) is 1. The average Bonchev–Trinajstić information content (AvgIpc) is 3.44. The van der Waals surface area contributed by atoms with Gasteiger partial charge in [0, 0.05) is 29.4 Å². The number of para-hydroxylation sites is 1. The molecule has 194 valence electrons. The molecule has 0 radical (unpaired) electrons. The Balaban J connectivity index is 1.34. The molecule has 0 spiro atoms. The van der Waals surface area contributed by atoms with Crippen LogP contribution in [-0.2, 0) is 9.59 Å². The number of imide groups is 1. The number of amides is 2. The minimum absolute atomic E-state index is 0.110. The first-order valence-corrected chi connectivity index (χ1v) is 12.6. The molecule has 2 amide bonds. The SMILES string of the molecule is O=C(c1cccc([N+](=O)[O-])c1)[C@@H]1[C@@H]2C(=O)N(c3ccc4c(c3)OCCO4)C(=O)[C@@H]2[C@H]2C=Cc3ccccc3N21. The Morgan fingerprint density at radius 1 is 0.897 bits per heavy atom. The molecule has 3 aromatic rings. The molecule has 2 fully saturated rings. The van der Waals surface area contributed by atoms with Gasteiger partial charge in [0.25, 0.3) is 5.69 Å². The first kappa shape index (κ1) is 23.2. The van der Waals surface area contributed by atoms with Crippen LogP contribution >= 0.6 is 0 Å². The maximum Gasteiger partial charge on any atom is 0.270 e. The third-order valence-electron chi connectivity index (χ3n) is 7.81. The van der Waals surface area contributed by atoms with Crippen molar-refractivity contribution in [2.75, 3.05) is 23.0 Å². The molecule has 4 aliphatic rings. The Morgan fingerprint density at radius 3 is 2.49 bits per heavy atom. The van der Waals surface area contributed by atoms with Gasteiger partial charge in [0.1, 0.15) is 19.3 Å². The van der Waals surface area contributed by atoms with E-state index in [1.54, 1.807) is 18.2 Å². The van der Waals surface area contributed by atoms with E-state index in [1.807, 2.05) is 41.3 Å². The van der Waals surface area contributed by atoms with E-state index in [-0.39, 0.29) is 11.3 Å². The lowest BCUT2D eigenvalue weighted by atomic mass is 9.86. The Kier molecular flexibility index (Phi) is 5.06. The molecule has 7 rings (SSSR count). The lowest BCUT2D eigenvalue weighted by Gasteiger charge is -2.36. The van der Waals surface area contributed by atoms with Gasteiger partial charge in [0.15, 0.2) is 17.3 Å². The van der Waals surface area contributed by atoms with Crippen LogP contribution in [0.4, 0.5) is 17.1 Å². The van der Waals surface area contributed by atoms with E-state index in [4.69, 9.17) is 9.47 Å². The van der Waals surface area contributed by atoms with Crippen molar-refractivity contribution in [3.8, 4) is 11.5 Å². The van der Waals surface area contributed by atoms with Crippen LogP contribution in [0.5, 0.6) is 11.5 Å². The minimum Gasteiger partial charge on any atom is -0.486 e. The summed E-state index contributed by atoms with van der Waals surface area (Å²) in [5.41, 5.74) is 1.82. The lowest BCUT2D eigenvalue weighted by Crippen LogP contribution is -2.48. The van der Waals surface area contributed by atoms with Crippen molar-refractivity contribution in [3.63, 3.8) is 0 Å². The number of benzene rings is 3. The van der Waals surface area contributed by atoms with Crippen molar-refractivity contribution in [3.05, 3.63) is 94.0 Å². The summed E-state index contributed by atoms with van der Waals surface area (Å²) in [6.07, 6.45) is 3.76. The number of ether oxygens (including phenoxy) is 2. The molecule has 39 heavy (non-hydrogen) atoms. The summed E-state index contributed by atoms with van der Waals surface area (Å²) in [6, 6.07) is 16.3. The second kappa shape index (κ2) is 8.52. The molecule has 0 saturated carbocycles. The number of rotatable bonds is 4. The van der Waals surface area contributed by atoms with E-state index in [0.29, 0.717) is 30.4 Å². The first-order valence-electron chi connectivity index (χ1n) is 12.6. The Hall–Kier alpha value is -4.99. The largest absolute Gasteiger partial charge is 0.486 e. The Labute approximate surface area is 222 Å². The fraction of sp³-hybridized carbons (Fsp3) is 0.207. The summed E-state index contributed by atoms with van der Waals surface area (Å²) in [6.45, 7) is 0.759. The van der Waals surface area contributed by atoms with Gasteiger partial charge in [-0.2, -0.15) is 0 Å². The minimum atomic E-state index is -1.04. The zero-order chi connectivity index (χ0) is 26.8. The number of fused-ring (bicyclic) bond motifs is 6. The van der Waals surface area contributed by atoms with Crippen LogP contribution in [0, 0.1) is 22.0 Å². The van der Waals surface area contributed by atoms with Crippen LogP contribution in [0.2, 0.25) is 0 Å². The third-order valence-corrected chi connectivity index (χ3v) is 7.81. The number of hydrogen-bond donors (Lipinski definition) is 0. The zero-order valence-electron chi connectivity index (χ0n) is 20.4. The molecule has 0 unspecified atom stereocenters. The monoisotopic (exact) mass is 523 g/mol. The smallest absolute Gasteiger partial charge is 0.270 e. The lowest BCUT2D eigenvalue weighted by molar-refractivity contribution is -0.384. The highest BCUT2D eigenvalue weighted by molar-refractivity contribution is 6.25. The summed E-state index contributed by atoms with van der Waals surface area (Å²) in [4.78, 5) is 55.9. The number of carbonyl (C=O) groups is 3. The normalized spacial score (nSPS) is 24.3. The van der Waals surface area contributed by atoms with Gasteiger partial charge in [-0.1, -0.05) is 42.5 Å². The van der Waals surface area contributed by atoms with Crippen LogP contribution in [0.1, 0.15) is 15.9 Å². The van der Waals surface area contributed by atoms with E-state index < -0.39 is 46.4 Å². The number of hydrogen-bond acceptors (Lipinski definition) is 8. The maximum atomic E-state index is 14.1. The van der Waals surface area contributed by atoms with Crippen molar-refractivity contribution in [1.82, 2.24) is 0 Å². The average molecular weight is 524 g/mol. The van der Waals surface area contributed by atoms with Crippen molar-refractivity contribution < 1.29 is 28.8 Å². The highest BCUT2D eigenvalue weighted by atomic mass is 16.6. The molecule has 0 aliphatic carbocycles. The number of nitro benzene ring substituents is 1. The molecule has 0 aromatic heterocycles. The Bertz CT molecular complexity index is 1620. The van der Waals surface area contributed by atoms with Gasteiger partial charge in [0.2, 0.25) is 11.8 Å². The van der Waals surface area contributed by atoms with Gasteiger partial charge in [-0.3, -0.25) is 24.5 Å². The van der Waals surface area contributed by atoms with Crippen molar-refractivity contribution in [1.29, 1.82) is 0 Å². The molecule has 4 aliphatic heterocycles. The van der Waals surface area contributed by atoms with E-state index >= 15 is 0 Å². The predicted octanol–water partition coefficient (Wildman–Crippen LogP) is 3.64. The highest BCUT2D eigenvalue weighted by Crippen LogP contribution is 2.50. The number of non-ortho nitro benzene ring substituents is 1. The van der Waals surface area contributed by atoms with Crippen LogP contribution < -0.4 is 19.3 Å². The van der Waals surface area contributed by atoms with E-state index in [9.17, 15) is 24.5 Å². The van der Waals surface area contributed by atoms with Gasteiger partial charge in [-0.25, -0.2) is 4.90 Å². The third kappa shape index (κ3) is 3.37. The number of nitro groups is 1. The molecule has 0 N–H and O–H groups in total. The number of ketones is 1. The summed E-state index contributed by atoms with van der Waals surface area (Å²) < 4.78 is 11.2. The van der Waals surface area contributed by atoms with Crippen LogP contribution in [0.25, 0.3) is 6.08 Å². The second-order valence-electron chi connectivity index (χ2n) is 9.82. The molecule has 4 heterocycles. The van der Waals surface area contributed by atoms with E-state index in [0.717, 1.165) is 16.2 Å². The van der Waals surface area contributed by atoms with Crippen molar-refractivity contribution in [2.45, 2.75) is 12.1 Å². The predicted molar refractivity (Wildman–Crippen MR) is 140 cm³/mol. The molecule has 10 heteroatoms. The first-order chi connectivity index (χ1) is 18.9. The fourth-order valence-corrected chi connectivity index (χ4v) is 6.18.